The number of carbonyl (C=O) groups excluding carboxylic acids is 2. The molecule has 122 valence electrons. The zero-order chi connectivity index (χ0) is 16.8. The van der Waals surface area contributed by atoms with Gasteiger partial charge in [0.15, 0.2) is 0 Å². The number of imide groups is 1. The molecule has 1 aromatic carbocycles. The normalized spacial score (nSPS) is 31.1. The highest BCUT2D eigenvalue weighted by molar-refractivity contribution is 6.06. The highest BCUT2D eigenvalue weighted by Gasteiger charge is 2.56. The fraction of sp³-hybridized carbons (Fsp3) is 0.353. The maximum absolute atomic E-state index is 12.6. The summed E-state index contributed by atoms with van der Waals surface area (Å²) in [6.45, 7) is 0. The van der Waals surface area contributed by atoms with Crippen LogP contribution < -0.4 is 0 Å². The van der Waals surface area contributed by atoms with Crippen LogP contribution in [0.1, 0.15) is 18.4 Å². The molecule has 2 fully saturated rings. The Morgan fingerprint density at radius 1 is 1.12 bits per heavy atom. The maximum Gasteiger partial charge on any atom is 0.270 e. The summed E-state index contributed by atoms with van der Waals surface area (Å²) in [5, 5.41) is 15.8. The number of non-ortho nitro benzene ring substituents is 1. The Morgan fingerprint density at radius 3 is 2.29 bits per heavy atom. The minimum atomic E-state index is -0.499. The molecule has 1 heterocycles. The lowest BCUT2D eigenvalue weighted by Crippen LogP contribution is -2.38. The summed E-state index contributed by atoms with van der Waals surface area (Å²) < 4.78 is 0. The smallest absolute Gasteiger partial charge is 0.270 e. The average Bonchev–Trinajstić information content (AvgIpc) is 2.87. The first-order valence-corrected chi connectivity index (χ1v) is 7.91. The van der Waals surface area contributed by atoms with E-state index in [2.05, 4.69) is 5.10 Å². The zero-order valence-electron chi connectivity index (χ0n) is 12.7. The number of nitrogens with zero attached hydrogens (tertiary/aromatic N) is 3. The number of carbonyl (C=O) groups is 2. The molecule has 1 aromatic rings. The summed E-state index contributed by atoms with van der Waals surface area (Å²) in [5.74, 6) is -0.882. The Labute approximate surface area is 137 Å². The van der Waals surface area contributed by atoms with Crippen LogP contribution in [0.4, 0.5) is 5.69 Å². The molecule has 3 aliphatic carbocycles. The van der Waals surface area contributed by atoms with Crippen molar-refractivity contribution in [3.8, 4) is 0 Å². The number of benzene rings is 1. The number of hydrazone groups is 1. The van der Waals surface area contributed by atoms with Crippen molar-refractivity contribution in [3.05, 3.63) is 52.1 Å². The van der Waals surface area contributed by atoms with Crippen molar-refractivity contribution in [3.63, 3.8) is 0 Å². The molecule has 1 saturated heterocycles. The van der Waals surface area contributed by atoms with Crippen molar-refractivity contribution in [2.24, 2.45) is 28.8 Å². The van der Waals surface area contributed by atoms with E-state index in [0.29, 0.717) is 5.56 Å². The fourth-order valence-electron chi connectivity index (χ4n) is 4.02. The minimum Gasteiger partial charge on any atom is -0.272 e. The van der Waals surface area contributed by atoms with Gasteiger partial charge in [-0.05, 0) is 24.7 Å². The molecule has 4 atom stereocenters. The van der Waals surface area contributed by atoms with E-state index in [1.54, 1.807) is 6.07 Å². The molecule has 0 radical (unpaired) electrons. The lowest BCUT2D eigenvalue weighted by molar-refractivity contribution is -0.384. The quantitative estimate of drug-likeness (QED) is 0.280. The van der Waals surface area contributed by atoms with E-state index in [4.69, 9.17) is 0 Å². The third-order valence-electron chi connectivity index (χ3n) is 5.14. The average molecular weight is 325 g/mol. The summed E-state index contributed by atoms with van der Waals surface area (Å²) in [5.41, 5.74) is 0.412. The second kappa shape index (κ2) is 5.36. The molecule has 0 aromatic heterocycles. The predicted molar refractivity (Wildman–Crippen MR) is 84.9 cm³/mol. The Morgan fingerprint density at radius 2 is 1.75 bits per heavy atom. The molecule has 7 nitrogen and oxygen atoms in total. The van der Waals surface area contributed by atoms with E-state index < -0.39 is 4.92 Å². The van der Waals surface area contributed by atoms with Gasteiger partial charge in [-0.1, -0.05) is 24.3 Å². The molecule has 1 saturated carbocycles. The third kappa shape index (κ3) is 2.16. The van der Waals surface area contributed by atoms with Gasteiger partial charge in [0.2, 0.25) is 0 Å². The molecule has 0 spiro atoms. The molecule has 2 bridgehead atoms. The maximum atomic E-state index is 12.6. The van der Waals surface area contributed by atoms with Crippen LogP contribution in [0.5, 0.6) is 0 Å². The monoisotopic (exact) mass is 325 g/mol. The topological polar surface area (TPSA) is 92.9 Å². The standard InChI is InChI=1S/C17H15N3O4/c21-16-14-11-4-5-12(7-6-11)15(14)17(22)19(16)18-9-10-2-1-3-13(8-10)20(23)24/h1-5,8-9,11-12,14-15H,6-7H2/b18-9-/t11-,12-,14-,15+/m0/s1. The van der Waals surface area contributed by atoms with Gasteiger partial charge in [-0.25, -0.2) is 0 Å². The molecular weight excluding hydrogens is 310 g/mol. The summed E-state index contributed by atoms with van der Waals surface area (Å²) in [4.78, 5) is 35.5. The summed E-state index contributed by atoms with van der Waals surface area (Å²) in [6.07, 6.45) is 7.30. The number of nitro groups is 1. The van der Waals surface area contributed by atoms with E-state index in [0.717, 1.165) is 17.9 Å². The van der Waals surface area contributed by atoms with Gasteiger partial charge in [-0.2, -0.15) is 10.1 Å². The molecule has 0 unspecified atom stereocenters. The van der Waals surface area contributed by atoms with Crippen LogP contribution in [0.25, 0.3) is 0 Å². The van der Waals surface area contributed by atoms with Crippen LogP contribution >= 0.6 is 0 Å². The van der Waals surface area contributed by atoms with Crippen LogP contribution in [-0.2, 0) is 9.59 Å². The number of hydrogen-bond donors (Lipinski definition) is 0. The highest BCUT2D eigenvalue weighted by Crippen LogP contribution is 2.49. The lowest BCUT2D eigenvalue weighted by atomic mass is 9.63. The minimum absolute atomic E-state index is 0.0612. The van der Waals surface area contributed by atoms with E-state index in [1.807, 2.05) is 12.2 Å². The zero-order valence-corrected chi connectivity index (χ0v) is 12.7. The van der Waals surface area contributed by atoms with Gasteiger partial charge in [-0.3, -0.25) is 19.7 Å². The van der Waals surface area contributed by atoms with Gasteiger partial charge in [-0.15, -0.1) is 0 Å². The first-order chi connectivity index (χ1) is 11.6. The number of amides is 2. The molecule has 1 aliphatic heterocycles. The fourth-order valence-corrected chi connectivity index (χ4v) is 4.02. The Hall–Kier alpha value is -2.83. The van der Waals surface area contributed by atoms with Crippen molar-refractivity contribution in [1.82, 2.24) is 5.01 Å². The second-order valence-corrected chi connectivity index (χ2v) is 6.43. The van der Waals surface area contributed by atoms with E-state index in [-0.39, 0.29) is 41.2 Å². The van der Waals surface area contributed by atoms with Crippen molar-refractivity contribution in [1.29, 1.82) is 0 Å². The molecule has 2 amide bonds. The first-order valence-electron chi connectivity index (χ1n) is 7.91. The highest BCUT2D eigenvalue weighted by atomic mass is 16.6. The Bertz CT molecular complexity index is 769. The van der Waals surface area contributed by atoms with E-state index in [9.17, 15) is 19.7 Å². The largest absolute Gasteiger partial charge is 0.272 e. The van der Waals surface area contributed by atoms with Crippen LogP contribution in [0.2, 0.25) is 0 Å². The van der Waals surface area contributed by atoms with Crippen molar-refractivity contribution in [2.45, 2.75) is 12.8 Å². The van der Waals surface area contributed by atoms with Crippen molar-refractivity contribution >= 4 is 23.7 Å². The summed E-state index contributed by atoms with van der Waals surface area (Å²) >= 11 is 0. The third-order valence-corrected chi connectivity index (χ3v) is 5.14. The molecule has 24 heavy (non-hydrogen) atoms. The first kappa shape index (κ1) is 14.7. The molecular formula is C17H15N3O4. The van der Waals surface area contributed by atoms with Gasteiger partial charge in [0.1, 0.15) is 0 Å². The van der Waals surface area contributed by atoms with Crippen LogP contribution in [0.15, 0.2) is 41.5 Å². The SMILES string of the molecule is O=C1[C@@H]2[C@H](C(=O)N1/N=C\c1cccc([N+](=O)[O-])c1)[C@H]1C=C[C@H]2CC1. The Kier molecular flexibility index (Phi) is 3.30. The number of fused-ring (bicyclic) bond motifs is 1. The number of allylic oxidation sites excluding steroid dienone is 2. The van der Waals surface area contributed by atoms with Gasteiger partial charge in [0, 0.05) is 17.7 Å². The van der Waals surface area contributed by atoms with Gasteiger partial charge >= 0.3 is 0 Å². The predicted octanol–water partition coefficient (Wildman–Crippen LogP) is 2.13. The molecule has 5 rings (SSSR count). The number of hydrogen-bond acceptors (Lipinski definition) is 5. The van der Waals surface area contributed by atoms with Gasteiger partial charge in [0.05, 0.1) is 23.0 Å². The van der Waals surface area contributed by atoms with E-state index >= 15 is 0 Å². The van der Waals surface area contributed by atoms with E-state index in [1.165, 1.54) is 24.4 Å². The summed E-state index contributed by atoms with van der Waals surface area (Å²) in [6, 6.07) is 5.91. The van der Waals surface area contributed by atoms with Crippen LogP contribution in [0, 0.1) is 33.8 Å². The van der Waals surface area contributed by atoms with Gasteiger partial charge in [0.25, 0.3) is 17.5 Å². The molecule has 4 aliphatic rings. The Balaban J connectivity index is 1.59. The van der Waals surface area contributed by atoms with Crippen molar-refractivity contribution in [2.75, 3.05) is 0 Å². The van der Waals surface area contributed by atoms with Crippen molar-refractivity contribution < 1.29 is 14.5 Å². The lowest BCUT2D eigenvalue weighted by Gasteiger charge is -2.37. The second-order valence-electron chi connectivity index (χ2n) is 6.43. The number of nitro benzene ring substituents is 1. The van der Waals surface area contributed by atoms with Gasteiger partial charge < -0.3 is 0 Å². The summed E-state index contributed by atoms with van der Waals surface area (Å²) in [7, 11) is 0. The molecule has 0 N–H and O–H groups in total. The van der Waals surface area contributed by atoms with Crippen LogP contribution in [-0.4, -0.2) is 28.0 Å². The number of rotatable bonds is 3. The van der Waals surface area contributed by atoms with Crippen LogP contribution in [0.3, 0.4) is 0 Å². The molecule has 7 heteroatoms.